The van der Waals surface area contributed by atoms with Gasteiger partial charge in [-0.3, -0.25) is 4.79 Å². The van der Waals surface area contributed by atoms with Gasteiger partial charge < -0.3 is 19.5 Å². The van der Waals surface area contributed by atoms with Crippen molar-refractivity contribution in [1.29, 1.82) is 0 Å². The van der Waals surface area contributed by atoms with Gasteiger partial charge in [0, 0.05) is 17.7 Å². The molecule has 1 aliphatic carbocycles. The molecule has 2 aromatic carbocycles. The van der Waals surface area contributed by atoms with E-state index in [1.54, 1.807) is 24.3 Å². The van der Waals surface area contributed by atoms with Gasteiger partial charge in [-0.15, -0.1) is 0 Å². The molecule has 1 fully saturated rings. The standard InChI is InChI=1S/C22H20FNO5/c23-16-5-3-15(4-6-16)21(22(26)24-17-7-8-17)29-20(25)10-2-14-1-9-18-19(13-14)28-12-11-27-18/h1-6,9-10,13,17,21H,7-8,11-12H2,(H,24,26). The summed E-state index contributed by atoms with van der Waals surface area (Å²) in [7, 11) is 0. The Morgan fingerprint density at radius 3 is 2.52 bits per heavy atom. The molecular weight excluding hydrogens is 377 g/mol. The van der Waals surface area contributed by atoms with Crippen LogP contribution in [0.4, 0.5) is 4.39 Å². The maximum Gasteiger partial charge on any atom is 0.331 e. The quantitative estimate of drug-likeness (QED) is 0.599. The van der Waals surface area contributed by atoms with Crippen LogP contribution in [0.3, 0.4) is 0 Å². The highest BCUT2D eigenvalue weighted by Gasteiger charge is 2.30. The Hall–Kier alpha value is -3.35. The maximum atomic E-state index is 13.2. The predicted molar refractivity (Wildman–Crippen MR) is 103 cm³/mol. The number of halogens is 1. The molecule has 1 heterocycles. The Kier molecular flexibility index (Phi) is 5.46. The summed E-state index contributed by atoms with van der Waals surface area (Å²) in [5.41, 5.74) is 1.14. The zero-order valence-corrected chi connectivity index (χ0v) is 15.6. The second-order valence-electron chi connectivity index (χ2n) is 6.89. The highest BCUT2D eigenvalue weighted by atomic mass is 19.1. The lowest BCUT2D eigenvalue weighted by atomic mass is 10.1. The van der Waals surface area contributed by atoms with E-state index < -0.39 is 23.8 Å². The van der Waals surface area contributed by atoms with Gasteiger partial charge in [0.05, 0.1) is 0 Å². The summed E-state index contributed by atoms with van der Waals surface area (Å²) in [5, 5.41) is 2.82. The molecule has 0 saturated heterocycles. The van der Waals surface area contributed by atoms with Crippen LogP contribution < -0.4 is 14.8 Å². The third-order valence-electron chi connectivity index (χ3n) is 4.55. The summed E-state index contributed by atoms with van der Waals surface area (Å²) in [6.45, 7) is 0.972. The molecular formula is C22H20FNO5. The lowest BCUT2D eigenvalue weighted by Crippen LogP contribution is -2.33. The van der Waals surface area contributed by atoms with Crippen molar-refractivity contribution < 1.29 is 28.2 Å². The fraction of sp³-hybridized carbons (Fsp3) is 0.273. The lowest BCUT2D eigenvalue weighted by Gasteiger charge is -2.18. The second kappa shape index (κ2) is 8.34. The minimum atomic E-state index is -1.14. The predicted octanol–water partition coefficient (Wildman–Crippen LogP) is 3.17. The lowest BCUT2D eigenvalue weighted by molar-refractivity contribution is -0.151. The Balaban J connectivity index is 1.46. The number of nitrogens with one attached hydrogen (secondary N) is 1. The normalized spacial score (nSPS) is 16.3. The molecule has 0 bridgehead atoms. The summed E-state index contributed by atoms with van der Waals surface area (Å²) < 4.78 is 29.6. The molecule has 2 aromatic rings. The Bertz CT molecular complexity index is 937. The van der Waals surface area contributed by atoms with Crippen molar-refractivity contribution in [1.82, 2.24) is 5.32 Å². The summed E-state index contributed by atoms with van der Waals surface area (Å²) >= 11 is 0. The van der Waals surface area contributed by atoms with Crippen molar-refractivity contribution in [3.8, 4) is 11.5 Å². The van der Waals surface area contributed by atoms with Crippen molar-refractivity contribution >= 4 is 18.0 Å². The topological polar surface area (TPSA) is 73.9 Å². The van der Waals surface area contributed by atoms with Gasteiger partial charge in [0.2, 0.25) is 6.10 Å². The molecule has 1 amide bonds. The van der Waals surface area contributed by atoms with E-state index in [2.05, 4.69) is 5.32 Å². The Labute approximate surface area is 167 Å². The molecule has 0 spiro atoms. The van der Waals surface area contributed by atoms with Crippen molar-refractivity contribution in [3.63, 3.8) is 0 Å². The highest BCUT2D eigenvalue weighted by molar-refractivity contribution is 5.91. The second-order valence-corrected chi connectivity index (χ2v) is 6.89. The van der Waals surface area contributed by atoms with Crippen LogP contribution in [0.2, 0.25) is 0 Å². The molecule has 0 radical (unpaired) electrons. The van der Waals surface area contributed by atoms with E-state index in [1.165, 1.54) is 30.3 Å². The van der Waals surface area contributed by atoms with Crippen LogP contribution in [0.25, 0.3) is 6.08 Å². The van der Waals surface area contributed by atoms with Gasteiger partial charge >= 0.3 is 5.97 Å². The summed E-state index contributed by atoms with van der Waals surface area (Å²) in [4.78, 5) is 24.9. The van der Waals surface area contributed by atoms with Gasteiger partial charge in [0.15, 0.2) is 11.5 Å². The number of amides is 1. The van der Waals surface area contributed by atoms with Crippen molar-refractivity contribution in [2.75, 3.05) is 13.2 Å². The van der Waals surface area contributed by atoms with Gasteiger partial charge in [-0.25, -0.2) is 9.18 Å². The largest absolute Gasteiger partial charge is 0.486 e. The SMILES string of the molecule is O=C(C=Cc1ccc2c(c1)OCCO2)OC(C(=O)NC1CC1)c1ccc(F)cc1. The van der Waals surface area contributed by atoms with E-state index in [1.807, 2.05) is 0 Å². The minimum Gasteiger partial charge on any atom is -0.486 e. The molecule has 6 nitrogen and oxygen atoms in total. The average molecular weight is 397 g/mol. The fourth-order valence-electron chi connectivity index (χ4n) is 2.90. The number of hydrogen-bond donors (Lipinski definition) is 1. The van der Waals surface area contributed by atoms with E-state index in [4.69, 9.17) is 14.2 Å². The number of carbonyl (C=O) groups excluding carboxylic acids is 2. The van der Waals surface area contributed by atoms with Gasteiger partial charge in [0.1, 0.15) is 19.0 Å². The van der Waals surface area contributed by atoms with Crippen molar-refractivity contribution in [2.24, 2.45) is 0 Å². The average Bonchev–Trinajstić information content (AvgIpc) is 3.55. The zero-order valence-electron chi connectivity index (χ0n) is 15.6. The number of ether oxygens (including phenoxy) is 3. The number of rotatable bonds is 6. The molecule has 0 aromatic heterocycles. The number of fused-ring (bicyclic) bond motifs is 1. The maximum absolute atomic E-state index is 13.2. The van der Waals surface area contributed by atoms with Crippen LogP contribution in [0.5, 0.6) is 11.5 Å². The molecule has 4 rings (SSSR count). The van der Waals surface area contributed by atoms with Crippen molar-refractivity contribution in [3.05, 3.63) is 65.5 Å². The first-order valence-electron chi connectivity index (χ1n) is 9.43. The van der Waals surface area contributed by atoms with Gasteiger partial charge in [-0.2, -0.15) is 0 Å². The smallest absolute Gasteiger partial charge is 0.331 e. The third kappa shape index (κ3) is 4.93. The van der Waals surface area contributed by atoms with E-state index in [9.17, 15) is 14.0 Å². The summed E-state index contributed by atoms with van der Waals surface area (Å²) in [6.07, 6.45) is 3.47. The number of esters is 1. The number of hydrogen-bond acceptors (Lipinski definition) is 5. The molecule has 150 valence electrons. The van der Waals surface area contributed by atoms with Gasteiger partial charge in [-0.05, 0) is 48.7 Å². The van der Waals surface area contributed by atoms with E-state index in [0.717, 1.165) is 18.4 Å². The van der Waals surface area contributed by atoms with Crippen LogP contribution in [0.15, 0.2) is 48.5 Å². The van der Waals surface area contributed by atoms with Gasteiger partial charge in [-0.1, -0.05) is 18.2 Å². The molecule has 7 heteroatoms. The molecule has 1 N–H and O–H groups in total. The molecule has 1 unspecified atom stereocenters. The van der Waals surface area contributed by atoms with E-state index in [-0.39, 0.29) is 6.04 Å². The minimum absolute atomic E-state index is 0.109. The highest BCUT2D eigenvalue weighted by Crippen LogP contribution is 2.31. The van der Waals surface area contributed by atoms with Crippen LogP contribution >= 0.6 is 0 Å². The van der Waals surface area contributed by atoms with Crippen LogP contribution in [-0.4, -0.2) is 31.1 Å². The molecule has 1 saturated carbocycles. The first-order valence-corrected chi connectivity index (χ1v) is 9.43. The Morgan fingerprint density at radius 2 is 1.79 bits per heavy atom. The first-order chi connectivity index (χ1) is 14.1. The van der Waals surface area contributed by atoms with Gasteiger partial charge in [0.25, 0.3) is 5.91 Å². The molecule has 1 aliphatic heterocycles. The van der Waals surface area contributed by atoms with Crippen molar-refractivity contribution in [2.45, 2.75) is 25.0 Å². The molecule has 1 atom stereocenters. The summed E-state index contributed by atoms with van der Waals surface area (Å²) in [5.74, 6) is -0.260. The first kappa shape index (κ1) is 19.0. The molecule has 29 heavy (non-hydrogen) atoms. The fourth-order valence-corrected chi connectivity index (χ4v) is 2.90. The number of carbonyl (C=O) groups is 2. The summed E-state index contributed by atoms with van der Waals surface area (Å²) in [6, 6.07) is 10.7. The van der Waals surface area contributed by atoms with Crippen LogP contribution in [0.1, 0.15) is 30.1 Å². The van der Waals surface area contributed by atoms with E-state index >= 15 is 0 Å². The molecule has 2 aliphatic rings. The number of benzene rings is 2. The van der Waals surface area contributed by atoms with Crippen LogP contribution in [0, 0.1) is 5.82 Å². The van der Waals surface area contributed by atoms with Crippen LogP contribution in [-0.2, 0) is 14.3 Å². The zero-order chi connectivity index (χ0) is 20.2. The van der Waals surface area contributed by atoms with E-state index in [0.29, 0.717) is 30.3 Å². The monoisotopic (exact) mass is 397 g/mol. The Morgan fingerprint density at radius 1 is 1.07 bits per heavy atom. The third-order valence-corrected chi connectivity index (χ3v) is 4.55.